The summed E-state index contributed by atoms with van der Waals surface area (Å²) in [7, 11) is 0. The number of nitrogens with zero attached hydrogens (tertiary/aromatic N) is 3. The van der Waals surface area contributed by atoms with Crippen LogP contribution in [0, 0.1) is 0 Å². The van der Waals surface area contributed by atoms with E-state index in [1.165, 1.54) is 5.56 Å². The highest BCUT2D eigenvalue weighted by Gasteiger charge is 2.19. The van der Waals surface area contributed by atoms with Crippen molar-refractivity contribution in [3.8, 4) is 11.5 Å². The molecule has 154 valence electrons. The molecule has 0 aliphatic carbocycles. The Bertz CT molecular complexity index is 815. The van der Waals surface area contributed by atoms with Gasteiger partial charge in [-0.3, -0.25) is 14.7 Å². The SMILES string of the molecule is CCOc1ccc(/C=C/C(=O)N2CCN(Cc3cccnc3)CC2)cc1OCC. The number of benzene rings is 1. The van der Waals surface area contributed by atoms with Crippen LogP contribution in [0.4, 0.5) is 0 Å². The monoisotopic (exact) mass is 395 g/mol. The molecule has 1 aliphatic heterocycles. The van der Waals surface area contributed by atoms with Gasteiger partial charge in [-0.2, -0.15) is 0 Å². The molecule has 1 amide bonds. The van der Waals surface area contributed by atoms with Crippen LogP contribution in [0.15, 0.2) is 48.8 Å². The smallest absolute Gasteiger partial charge is 0.246 e. The van der Waals surface area contributed by atoms with Crippen molar-refractivity contribution in [2.75, 3.05) is 39.4 Å². The van der Waals surface area contributed by atoms with Gasteiger partial charge < -0.3 is 14.4 Å². The lowest BCUT2D eigenvalue weighted by molar-refractivity contribution is -0.127. The molecule has 6 nitrogen and oxygen atoms in total. The number of hydrogen-bond donors (Lipinski definition) is 0. The van der Waals surface area contributed by atoms with Crippen molar-refractivity contribution in [3.05, 3.63) is 59.9 Å². The van der Waals surface area contributed by atoms with Crippen LogP contribution in [0.5, 0.6) is 11.5 Å². The number of carbonyl (C=O) groups excluding carboxylic acids is 1. The van der Waals surface area contributed by atoms with Crippen LogP contribution in [-0.4, -0.2) is 60.1 Å². The van der Waals surface area contributed by atoms with Crippen LogP contribution in [0.25, 0.3) is 6.08 Å². The molecule has 0 N–H and O–H groups in total. The minimum Gasteiger partial charge on any atom is -0.490 e. The molecule has 6 heteroatoms. The quantitative estimate of drug-likeness (QED) is 0.643. The summed E-state index contributed by atoms with van der Waals surface area (Å²) >= 11 is 0. The van der Waals surface area contributed by atoms with E-state index in [1.807, 2.05) is 55.3 Å². The van der Waals surface area contributed by atoms with Crippen molar-refractivity contribution < 1.29 is 14.3 Å². The van der Waals surface area contributed by atoms with E-state index in [4.69, 9.17) is 9.47 Å². The number of ether oxygens (including phenoxy) is 2. The molecule has 1 aromatic heterocycles. The summed E-state index contributed by atoms with van der Waals surface area (Å²) in [5, 5.41) is 0. The predicted molar refractivity (Wildman–Crippen MR) is 114 cm³/mol. The second-order valence-corrected chi connectivity index (χ2v) is 6.87. The third-order valence-corrected chi connectivity index (χ3v) is 4.80. The second kappa shape index (κ2) is 10.6. The fourth-order valence-corrected chi connectivity index (χ4v) is 3.32. The molecular weight excluding hydrogens is 366 g/mol. The first-order chi connectivity index (χ1) is 14.2. The van der Waals surface area contributed by atoms with Gasteiger partial charge >= 0.3 is 0 Å². The van der Waals surface area contributed by atoms with Gasteiger partial charge in [0.25, 0.3) is 0 Å². The highest BCUT2D eigenvalue weighted by atomic mass is 16.5. The zero-order valence-corrected chi connectivity index (χ0v) is 17.2. The van der Waals surface area contributed by atoms with Crippen LogP contribution in [0.2, 0.25) is 0 Å². The first-order valence-electron chi connectivity index (χ1n) is 10.2. The van der Waals surface area contributed by atoms with Crippen LogP contribution >= 0.6 is 0 Å². The van der Waals surface area contributed by atoms with E-state index < -0.39 is 0 Å². The summed E-state index contributed by atoms with van der Waals surface area (Å²) in [6.45, 7) is 9.11. The number of aromatic nitrogens is 1. The average molecular weight is 396 g/mol. The molecule has 0 atom stereocenters. The highest BCUT2D eigenvalue weighted by molar-refractivity contribution is 5.92. The van der Waals surface area contributed by atoms with Gasteiger partial charge in [0.2, 0.25) is 5.91 Å². The number of rotatable bonds is 8. The minimum absolute atomic E-state index is 0.0397. The number of piperazine rings is 1. The van der Waals surface area contributed by atoms with E-state index in [-0.39, 0.29) is 5.91 Å². The Morgan fingerprint density at radius 2 is 1.83 bits per heavy atom. The fourth-order valence-electron chi connectivity index (χ4n) is 3.32. The molecule has 1 aromatic carbocycles. The third-order valence-electron chi connectivity index (χ3n) is 4.80. The van der Waals surface area contributed by atoms with E-state index in [9.17, 15) is 4.79 Å². The van der Waals surface area contributed by atoms with Gasteiger partial charge in [0.15, 0.2) is 11.5 Å². The Morgan fingerprint density at radius 1 is 1.07 bits per heavy atom. The molecular formula is C23H29N3O3. The van der Waals surface area contributed by atoms with Crippen LogP contribution in [0.1, 0.15) is 25.0 Å². The Morgan fingerprint density at radius 3 is 2.52 bits per heavy atom. The summed E-state index contributed by atoms with van der Waals surface area (Å²) < 4.78 is 11.2. The first kappa shape index (κ1) is 20.9. The maximum absolute atomic E-state index is 12.6. The Balaban J connectivity index is 1.54. The second-order valence-electron chi connectivity index (χ2n) is 6.87. The molecule has 1 fully saturated rings. The normalized spacial score (nSPS) is 14.9. The lowest BCUT2D eigenvalue weighted by atomic mass is 10.1. The van der Waals surface area contributed by atoms with Gasteiger partial charge in [-0.15, -0.1) is 0 Å². The Hall–Kier alpha value is -2.86. The highest BCUT2D eigenvalue weighted by Crippen LogP contribution is 2.29. The van der Waals surface area contributed by atoms with Crippen molar-refractivity contribution in [2.24, 2.45) is 0 Å². The number of amides is 1. The topological polar surface area (TPSA) is 54.9 Å². The van der Waals surface area contributed by atoms with Crippen LogP contribution in [-0.2, 0) is 11.3 Å². The third kappa shape index (κ3) is 6.06. The standard InChI is InChI=1S/C23H29N3O3/c1-3-28-21-9-7-19(16-22(21)29-4-2)8-10-23(27)26-14-12-25(13-15-26)18-20-6-5-11-24-17-20/h5-11,16-17H,3-4,12-15,18H2,1-2H3/b10-8+. The summed E-state index contributed by atoms with van der Waals surface area (Å²) in [4.78, 5) is 21.0. The maximum Gasteiger partial charge on any atom is 0.246 e. The average Bonchev–Trinajstić information content (AvgIpc) is 2.75. The largest absolute Gasteiger partial charge is 0.490 e. The summed E-state index contributed by atoms with van der Waals surface area (Å²) in [5.74, 6) is 1.47. The number of hydrogen-bond acceptors (Lipinski definition) is 5. The minimum atomic E-state index is 0.0397. The number of pyridine rings is 1. The molecule has 1 saturated heterocycles. The van der Waals surface area contributed by atoms with E-state index in [1.54, 1.807) is 12.3 Å². The van der Waals surface area contributed by atoms with Crippen molar-refractivity contribution in [3.63, 3.8) is 0 Å². The molecule has 29 heavy (non-hydrogen) atoms. The van der Waals surface area contributed by atoms with Gasteiger partial charge in [0, 0.05) is 51.2 Å². The van der Waals surface area contributed by atoms with Crippen molar-refractivity contribution >= 4 is 12.0 Å². The van der Waals surface area contributed by atoms with Gasteiger partial charge in [-0.25, -0.2) is 0 Å². The first-order valence-corrected chi connectivity index (χ1v) is 10.2. The molecule has 3 rings (SSSR count). The maximum atomic E-state index is 12.6. The molecule has 2 heterocycles. The molecule has 1 aliphatic rings. The van der Waals surface area contributed by atoms with E-state index in [2.05, 4.69) is 16.0 Å². The summed E-state index contributed by atoms with van der Waals surface area (Å²) in [6.07, 6.45) is 7.16. The van der Waals surface area contributed by atoms with Gasteiger partial charge in [-0.05, 0) is 49.2 Å². The molecule has 0 radical (unpaired) electrons. The molecule has 0 unspecified atom stereocenters. The van der Waals surface area contributed by atoms with Gasteiger partial charge in [0.05, 0.1) is 13.2 Å². The van der Waals surface area contributed by atoms with Gasteiger partial charge in [-0.1, -0.05) is 12.1 Å². The predicted octanol–water partition coefficient (Wildman–Crippen LogP) is 3.24. The van der Waals surface area contributed by atoms with Crippen molar-refractivity contribution in [1.29, 1.82) is 0 Å². The van der Waals surface area contributed by atoms with Crippen molar-refractivity contribution in [1.82, 2.24) is 14.8 Å². The zero-order chi connectivity index (χ0) is 20.5. The van der Waals surface area contributed by atoms with Crippen LogP contribution < -0.4 is 9.47 Å². The Labute approximate surface area is 172 Å². The number of carbonyl (C=O) groups is 1. The zero-order valence-electron chi connectivity index (χ0n) is 17.2. The summed E-state index contributed by atoms with van der Waals surface area (Å²) in [6, 6.07) is 9.77. The lowest BCUT2D eigenvalue weighted by Crippen LogP contribution is -2.47. The molecule has 0 saturated carbocycles. The van der Waals surface area contributed by atoms with E-state index in [0.717, 1.165) is 44.0 Å². The van der Waals surface area contributed by atoms with E-state index in [0.29, 0.717) is 19.0 Å². The molecule has 0 spiro atoms. The molecule has 2 aromatic rings. The van der Waals surface area contributed by atoms with Crippen LogP contribution in [0.3, 0.4) is 0 Å². The molecule has 0 bridgehead atoms. The lowest BCUT2D eigenvalue weighted by Gasteiger charge is -2.34. The fraction of sp³-hybridized carbons (Fsp3) is 0.391. The van der Waals surface area contributed by atoms with Crippen molar-refractivity contribution in [2.45, 2.75) is 20.4 Å². The summed E-state index contributed by atoms with van der Waals surface area (Å²) in [5.41, 5.74) is 2.12. The van der Waals surface area contributed by atoms with Gasteiger partial charge in [0.1, 0.15) is 0 Å². The van der Waals surface area contributed by atoms with E-state index >= 15 is 0 Å². The Kier molecular flexibility index (Phi) is 7.64.